The van der Waals surface area contributed by atoms with E-state index in [1.54, 1.807) is 14.2 Å². The van der Waals surface area contributed by atoms with Crippen LogP contribution < -0.4 is 14.8 Å². The van der Waals surface area contributed by atoms with Gasteiger partial charge >= 0.3 is 0 Å². The van der Waals surface area contributed by atoms with Gasteiger partial charge in [0.15, 0.2) is 0 Å². The molecule has 0 saturated heterocycles. The van der Waals surface area contributed by atoms with Gasteiger partial charge < -0.3 is 14.8 Å². The highest BCUT2D eigenvalue weighted by atomic mass is 16.5. The lowest BCUT2D eigenvalue weighted by molar-refractivity contribution is 0.387. The van der Waals surface area contributed by atoms with E-state index in [2.05, 4.69) is 61.6 Å². The monoisotopic (exact) mass is 335 g/mol. The molecule has 25 heavy (non-hydrogen) atoms. The first-order valence-electron chi connectivity index (χ1n) is 8.59. The molecule has 0 saturated carbocycles. The summed E-state index contributed by atoms with van der Waals surface area (Å²) >= 11 is 0. The van der Waals surface area contributed by atoms with Crippen molar-refractivity contribution >= 4 is 10.8 Å². The van der Waals surface area contributed by atoms with E-state index in [4.69, 9.17) is 9.47 Å². The van der Waals surface area contributed by atoms with Crippen LogP contribution in [0, 0.1) is 0 Å². The highest BCUT2D eigenvalue weighted by molar-refractivity contribution is 5.86. The van der Waals surface area contributed by atoms with Crippen LogP contribution in [0.5, 0.6) is 11.5 Å². The van der Waals surface area contributed by atoms with Gasteiger partial charge in [0, 0.05) is 17.6 Å². The van der Waals surface area contributed by atoms with Gasteiger partial charge in [0.05, 0.1) is 14.2 Å². The van der Waals surface area contributed by atoms with E-state index in [-0.39, 0.29) is 12.1 Å². The molecule has 3 aromatic rings. The fraction of sp³-hybridized carbons (Fsp3) is 0.273. The number of hydrogen-bond acceptors (Lipinski definition) is 3. The number of benzene rings is 3. The van der Waals surface area contributed by atoms with Crippen molar-refractivity contribution in [2.75, 3.05) is 14.2 Å². The lowest BCUT2D eigenvalue weighted by Crippen LogP contribution is -2.23. The Hall–Kier alpha value is -2.52. The maximum Gasteiger partial charge on any atom is 0.123 e. The second-order valence-corrected chi connectivity index (χ2v) is 6.29. The first kappa shape index (κ1) is 17.3. The number of methoxy groups -OCH3 is 2. The van der Waals surface area contributed by atoms with Crippen molar-refractivity contribution in [1.29, 1.82) is 0 Å². The molecule has 2 unspecified atom stereocenters. The molecule has 0 amide bonds. The van der Waals surface area contributed by atoms with Crippen LogP contribution in [0.25, 0.3) is 10.8 Å². The molecule has 2 atom stereocenters. The van der Waals surface area contributed by atoms with Crippen molar-refractivity contribution in [2.24, 2.45) is 0 Å². The zero-order valence-electron chi connectivity index (χ0n) is 15.2. The fourth-order valence-electron chi connectivity index (χ4n) is 3.36. The van der Waals surface area contributed by atoms with Gasteiger partial charge in [0.25, 0.3) is 0 Å². The standard InChI is InChI=1S/C22H25NO2/c1-15(19-11-7-9-17-8-5-6-10-20(17)19)23-16(2)21-14-18(24-3)12-13-22(21)25-4/h5-16,23H,1-4H3. The quantitative estimate of drug-likeness (QED) is 0.666. The van der Waals surface area contributed by atoms with E-state index in [1.165, 1.54) is 16.3 Å². The van der Waals surface area contributed by atoms with E-state index < -0.39 is 0 Å². The Balaban J connectivity index is 1.88. The SMILES string of the molecule is COc1ccc(OC)c(C(C)NC(C)c2cccc3ccccc23)c1. The largest absolute Gasteiger partial charge is 0.497 e. The molecule has 0 radical (unpaired) electrons. The maximum absolute atomic E-state index is 5.53. The van der Waals surface area contributed by atoms with Crippen LogP contribution in [0.1, 0.15) is 37.1 Å². The third-order valence-electron chi connectivity index (χ3n) is 4.69. The third kappa shape index (κ3) is 3.62. The first-order chi connectivity index (χ1) is 12.1. The molecular formula is C22H25NO2. The third-order valence-corrected chi connectivity index (χ3v) is 4.69. The smallest absolute Gasteiger partial charge is 0.123 e. The highest BCUT2D eigenvalue weighted by Crippen LogP contribution is 2.32. The van der Waals surface area contributed by atoms with Crippen LogP contribution in [0.3, 0.4) is 0 Å². The van der Waals surface area contributed by atoms with Crippen molar-refractivity contribution in [3.63, 3.8) is 0 Å². The zero-order valence-corrected chi connectivity index (χ0v) is 15.2. The van der Waals surface area contributed by atoms with E-state index >= 15 is 0 Å². The molecule has 0 spiro atoms. The van der Waals surface area contributed by atoms with Crippen LogP contribution in [-0.2, 0) is 0 Å². The van der Waals surface area contributed by atoms with Crippen LogP contribution in [0.15, 0.2) is 60.7 Å². The Morgan fingerprint density at radius 3 is 2.24 bits per heavy atom. The molecule has 0 heterocycles. The van der Waals surface area contributed by atoms with Gasteiger partial charge in [-0.05, 0) is 48.4 Å². The molecule has 0 fully saturated rings. The summed E-state index contributed by atoms with van der Waals surface area (Å²) in [5, 5.41) is 6.25. The summed E-state index contributed by atoms with van der Waals surface area (Å²) < 4.78 is 10.9. The van der Waals surface area contributed by atoms with E-state index in [9.17, 15) is 0 Å². The van der Waals surface area contributed by atoms with Crippen LogP contribution in [0.4, 0.5) is 0 Å². The minimum absolute atomic E-state index is 0.124. The van der Waals surface area contributed by atoms with E-state index in [0.717, 1.165) is 17.1 Å². The Morgan fingerprint density at radius 1 is 0.760 bits per heavy atom. The highest BCUT2D eigenvalue weighted by Gasteiger charge is 2.17. The van der Waals surface area contributed by atoms with E-state index in [0.29, 0.717) is 0 Å². The summed E-state index contributed by atoms with van der Waals surface area (Å²) in [7, 11) is 3.38. The molecular weight excluding hydrogens is 310 g/mol. The number of nitrogens with one attached hydrogen (secondary N) is 1. The molecule has 0 aliphatic heterocycles. The predicted molar refractivity (Wildman–Crippen MR) is 103 cm³/mol. The topological polar surface area (TPSA) is 30.5 Å². The van der Waals surface area contributed by atoms with Gasteiger partial charge in [-0.3, -0.25) is 0 Å². The van der Waals surface area contributed by atoms with Gasteiger partial charge in [0.2, 0.25) is 0 Å². The van der Waals surface area contributed by atoms with Gasteiger partial charge in [-0.25, -0.2) is 0 Å². The molecule has 3 rings (SSSR count). The molecule has 3 nitrogen and oxygen atoms in total. The molecule has 0 aliphatic rings. The Morgan fingerprint density at radius 2 is 1.48 bits per heavy atom. The van der Waals surface area contributed by atoms with Gasteiger partial charge in [-0.1, -0.05) is 42.5 Å². The summed E-state index contributed by atoms with van der Waals surface area (Å²) in [6.07, 6.45) is 0. The second-order valence-electron chi connectivity index (χ2n) is 6.29. The lowest BCUT2D eigenvalue weighted by atomic mass is 9.98. The second kappa shape index (κ2) is 7.58. The average Bonchev–Trinajstić information content (AvgIpc) is 2.66. The zero-order chi connectivity index (χ0) is 17.8. The number of rotatable bonds is 6. The van der Waals surface area contributed by atoms with Crippen LogP contribution in [0.2, 0.25) is 0 Å². The lowest BCUT2D eigenvalue weighted by Gasteiger charge is -2.23. The van der Waals surface area contributed by atoms with Crippen molar-refractivity contribution in [3.8, 4) is 11.5 Å². The maximum atomic E-state index is 5.53. The molecule has 0 bridgehead atoms. The Bertz CT molecular complexity index is 854. The normalized spacial score (nSPS) is 13.4. The first-order valence-corrected chi connectivity index (χ1v) is 8.59. The summed E-state index contributed by atoms with van der Waals surface area (Å²) in [4.78, 5) is 0. The number of fused-ring (bicyclic) bond motifs is 1. The summed E-state index contributed by atoms with van der Waals surface area (Å²) in [5.74, 6) is 1.70. The van der Waals surface area contributed by atoms with Crippen LogP contribution >= 0.6 is 0 Å². The Labute approximate surface area is 149 Å². The van der Waals surface area contributed by atoms with Gasteiger partial charge in [0.1, 0.15) is 11.5 Å². The predicted octanol–water partition coefficient (Wildman–Crippen LogP) is 5.27. The fourth-order valence-corrected chi connectivity index (χ4v) is 3.36. The molecule has 1 N–H and O–H groups in total. The van der Waals surface area contributed by atoms with Crippen molar-refractivity contribution < 1.29 is 9.47 Å². The minimum atomic E-state index is 0.124. The van der Waals surface area contributed by atoms with Crippen molar-refractivity contribution in [1.82, 2.24) is 5.32 Å². The molecule has 0 aliphatic carbocycles. The summed E-state index contributed by atoms with van der Waals surface area (Å²) in [6.45, 7) is 4.35. The number of hydrogen-bond donors (Lipinski definition) is 1. The van der Waals surface area contributed by atoms with Gasteiger partial charge in [-0.2, -0.15) is 0 Å². The molecule has 0 aromatic heterocycles. The molecule has 3 aromatic carbocycles. The minimum Gasteiger partial charge on any atom is -0.497 e. The Kier molecular flexibility index (Phi) is 5.25. The van der Waals surface area contributed by atoms with Crippen LogP contribution in [-0.4, -0.2) is 14.2 Å². The summed E-state index contributed by atoms with van der Waals surface area (Å²) in [5.41, 5.74) is 2.39. The van der Waals surface area contributed by atoms with Crippen molar-refractivity contribution in [3.05, 3.63) is 71.8 Å². The van der Waals surface area contributed by atoms with E-state index in [1.807, 2.05) is 18.2 Å². The molecule has 3 heteroatoms. The molecule has 130 valence electrons. The van der Waals surface area contributed by atoms with Gasteiger partial charge in [-0.15, -0.1) is 0 Å². The van der Waals surface area contributed by atoms with Crippen molar-refractivity contribution in [2.45, 2.75) is 25.9 Å². The average molecular weight is 335 g/mol. The number of ether oxygens (including phenoxy) is 2. The summed E-state index contributed by atoms with van der Waals surface area (Å²) in [6, 6.07) is 21.2.